The lowest BCUT2D eigenvalue weighted by Crippen LogP contribution is -2.49. The van der Waals surface area contributed by atoms with Crippen LogP contribution in [0.25, 0.3) is 0 Å². The summed E-state index contributed by atoms with van der Waals surface area (Å²) >= 11 is 0. The highest BCUT2D eigenvalue weighted by Gasteiger charge is 2.28. The average Bonchev–Trinajstić information content (AvgIpc) is 2.45. The van der Waals surface area contributed by atoms with Gasteiger partial charge in [-0.25, -0.2) is 18.1 Å². The normalized spacial score (nSPS) is 19.5. The van der Waals surface area contributed by atoms with Crippen molar-refractivity contribution in [2.45, 2.75) is 25.3 Å². The summed E-state index contributed by atoms with van der Waals surface area (Å²) in [7, 11) is -3.26. The first kappa shape index (κ1) is 15.7. The van der Waals surface area contributed by atoms with Gasteiger partial charge in [0.2, 0.25) is 10.0 Å². The number of nitrogens with one attached hydrogen (secondary N) is 1. The molecule has 8 heteroatoms. The molecule has 116 valence electrons. The molecular formula is C13H20N4O3S. The number of nitrogens with zero attached hydrogens (tertiary/aromatic N) is 2. The molecule has 0 saturated carbocycles. The smallest absolute Gasteiger partial charge is 0.272 e. The van der Waals surface area contributed by atoms with Crippen LogP contribution in [0.3, 0.4) is 0 Å². The highest BCUT2D eigenvalue weighted by Crippen LogP contribution is 2.19. The molecule has 0 bridgehead atoms. The van der Waals surface area contributed by atoms with Gasteiger partial charge in [0.05, 0.1) is 18.1 Å². The summed E-state index contributed by atoms with van der Waals surface area (Å²) in [4.78, 5) is 18.2. The van der Waals surface area contributed by atoms with E-state index in [1.165, 1.54) is 6.20 Å². The lowest BCUT2D eigenvalue weighted by molar-refractivity contribution is 0.0613. The number of nitrogens with two attached hydrogens (primary N) is 1. The van der Waals surface area contributed by atoms with Gasteiger partial charge in [-0.15, -0.1) is 0 Å². The largest absolute Gasteiger partial charge is 0.397 e. The summed E-state index contributed by atoms with van der Waals surface area (Å²) in [5.74, 6) is -0.185. The van der Waals surface area contributed by atoms with E-state index in [1.807, 2.05) is 0 Å². The van der Waals surface area contributed by atoms with Crippen molar-refractivity contribution >= 4 is 21.6 Å². The molecule has 0 radical (unpaired) electrons. The zero-order valence-electron chi connectivity index (χ0n) is 11.9. The van der Waals surface area contributed by atoms with Crippen LogP contribution in [0.1, 0.15) is 29.8 Å². The summed E-state index contributed by atoms with van der Waals surface area (Å²) in [6.45, 7) is 0.848. The standard InChI is InChI=1S/C13H20N4O3S/c1-21(19,20)16-9-11-4-2-3-7-17(11)13(18)12-6-5-10(14)8-15-12/h5-6,8,11,16H,2-4,7,9,14H2,1H3. The second kappa shape index (κ2) is 6.40. The second-order valence-corrected chi connectivity index (χ2v) is 7.08. The second-order valence-electron chi connectivity index (χ2n) is 5.25. The fourth-order valence-corrected chi connectivity index (χ4v) is 2.90. The molecule has 21 heavy (non-hydrogen) atoms. The lowest BCUT2D eigenvalue weighted by atomic mass is 10.0. The highest BCUT2D eigenvalue weighted by molar-refractivity contribution is 7.88. The number of likely N-dealkylation sites (tertiary alicyclic amines) is 1. The minimum Gasteiger partial charge on any atom is -0.397 e. The Hall–Kier alpha value is -1.67. The van der Waals surface area contributed by atoms with E-state index >= 15 is 0 Å². The fraction of sp³-hybridized carbons (Fsp3) is 0.538. The Kier molecular flexibility index (Phi) is 4.79. The molecule has 1 aromatic rings. The van der Waals surface area contributed by atoms with Crippen LogP contribution in [0.4, 0.5) is 5.69 Å². The zero-order chi connectivity index (χ0) is 15.5. The number of anilines is 1. The van der Waals surface area contributed by atoms with Crippen molar-refractivity contribution in [2.24, 2.45) is 0 Å². The lowest BCUT2D eigenvalue weighted by Gasteiger charge is -2.35. The van der Waals surface area contributed by atoms with Gasteiger partial charge in [-0.1, -0.05) is 0 Å². The molecular weight excluding hydrogens is 292 g/mol. The van der Waals surface area contributed by atoms with Crippen molar-refractivity contribution in [3.8, 4) is 0 Å². The molecule has 2 rings (SSSR count). The third-order valence-corrected chi connectivity index (χ3v) is 4.17. The van der Waals surface area contributed by atoms with Gasteiger partial charge in [-0.05, 0) is 31.4 Å². The number of carbonyl (C=O) groups excluding carboxylic acids is 1. The minimum absolute atomic E-state index is 0.139. The number of aromatic nitrogens is 1. The van der Waals surface area contributed by atoms with E-state index in [0.717, 1.165) is 25.5 Å². The van der Waals surface area contributed by atoms with E-state index in [2.05, 4.69) is 9.71 Å². The Balaban J connectivity index is 2.10. The SMILES string of the molecule is CS(=O)(=O)NCC1CCCCN1C(=O)c1ccc(N)cn1. The average molecular weight is 312 g/mol. The summed E-state index contributed by atoms with van der Waals surface area (Å²) in [6.07, 6.45) is 5.23. The van der Waals surface area contributed by atoms with Gasteiger partial charge in [-0.3, -0.25) is 4.79 Å². The van der Waals surface area contributed by atoms with E-state index in [-0.39, 0.29) is 18.5 Å². The van der Waals surface area contributed by atoms with Gasteiger partial charge in [-0.2, -0.15) is 0 Å². The quantitative estimate of drug-likeness (QED) is 0.826. The summed E-state index contributed by atoms with van der Waals surface area (Å²) in [5, 5.41) is 0. The van der Waals surface area contributed by atoms with Crippen LogP contribution in [0.15, 0.2) is 18.3 Å². The molecule has 1 atom stereocenters. The predicted molar refractivity (Wildman–Crippen MR) is 80.2 cm³/mol. The molecule has 1 amide bonds. The van der Waals surface area contributed by atoms with Crippen LogP contribution in [-0.4, -0.2) is 49.6 Å². The third-order valence-electron chi connectivity index (χ3n) is 3.47. The monoisotopic (exact) mass is 312 g/mol. The Morgan fingerprint density at radius 1 is 1.48 bits per heavy atom. The van der Waals surface area contributed by atoms with Gasteiger partial charge in [0, 0.05) is 19.1 Å². The van der Waals surface area contributed by atoms with Crippen molar-refractivity contribution in [3.63, 3.8) is 0 Å². The van der Waals surface area contributed by atoms with Crippen LogP contribution < -0.4 is 10.5 Å². The number of pyridine rings is 1. The van der Waals surface area contributed by atoms with Gasteiger partial charge < -0.3 is 10.6 Å². The molecule has 2 heterocycles. The van der Waals surface area contributed by atoms with Crippen molar-refractivity contribution in [2.75, 3.05) is 25.1 Å². The first-order valence-electron chi connectivity index (χ1n) is 6.84. The Morgan fingerprint density at radius 2 is 2.24 bits per heavy atom. The van der Waals surface area contributed by atoms with Crippen LogP contribution in [-0.2, 0) is 10.0 Å². The number of piperidine rings is 1. The first-order chi connectivity index (χ1) is 9.87. The zero-order valence-corrected chi connectivity index (χ0v) is 12.8. The van der Waals surface area contributed by atoms with Crippen LogP contribution in [0.2, 0.25) is 0 Å². The van der Waals surface area contributed by atoms with Gasteiger partial charge >= 0.3 is 0 Å². The molecule has 7 nitrogen and oxygen atoms in total. The van der Waals surface area contributed by atoms with Crippen LogP contribution in [0.5, 0.6) is 0 Å². The third kappa shape index (κ3) is 4.40. The summed E-state index contributed by atoms with van der Waals surface area (Å²) < 4.78 is 24.9. The van der Waals surface area contributed by atoms with Gasteiger partial charge in [0.25, 0.3) is 5.91 Å². The van der Waals surface area contributed by atoms with Crippen molar-refractivity contribution in [1.82, 2.24) is 14.6 Å². The first-order valence-corrected chi connectivity index (χ1v) is 8.73. The number of rotatable bonds is 4. The molecule has 1 aliphatic heterocycles. The van der Waals surface area contributed by atoms with E-state index in [4.69, 9.17) is 5.73 Å². The molecule has 0 aliphatic carbocycles. The number of hydrogen-bond donors (Lipinski definition) is 2. The summed E-state index contributed by atoms with van der Waals surface area (Å²) in [5.41, 5.74) is 6.39. The van der Waals surface area contributed by atoms with Crippen LogP contribution >= 0.6 is 0 Å². The van der Waals surface area contributed by atoms with E-state index in [9.17, 15) is 13.2 Å². The highest BCUT2D eigenvalue weighted by atomic mass is 32.2. The van der Waals surface area contributed by atoms with Crippen LogP contribution in [0, 0.1) is 0 Å². The van der Waals surface area contributed by atoms with Crippen molar-refractivity contribution < 1.29 is 13.2 Å². The maximum atomic E-state index is 12.5. The Labute approximate surface area is 124 Å². The number of carbonyl (C=O) groups is 1. The molecule has 1 fully saturated rings. The van der Waals surface area contributed by atoms with E-state index in [1.54, 1.807) is 17.0 Å². The van der Waals surface area contributed by atoms with Crippen molar-refractivity contribution in [3.05, 3.63) is 24.0 Å². The molecule has 1 unspecified atom stereocenters. The summed E-state index contributed by atoms with van der Waals surface area (Å²) in [6, 6.07) is 3.08. The topological polar surface area (TPSA) is 105 Å². The van der Waals surface area contributed by atoms with Gasteiger partial charge in [0.1, 0.15) is 5.69 Å². The van der Waals surface area contributed by atoms with Gasteiger partial charge in [0.15, 0.2) is 0 Å². The number of nitrogen functional groups attached to an aromatic ring is 1. The maximum absolute atomic E-state index is 12.5. The van der Waals surface area contributed by atoms with E-state index < -0.39 is 10.0 Å². The van der Waals surface area contributed by atoms with Crippen molar-refractivity contribution in [1.29, 1.82) is 0 Å². The molecule has 1 saturated heterocycles. The molecule has 1 aromatic heterocycles. The predicted octanol–water partition coefficient (Wildman–Crippen LogP) is 0.208. The fourth-order valence-electron chi connectivity index (χ4n) is 2.41. The number of amides is 1. The Morgan fingerprint density at radius 3 is 2.86 bits per heavy atom. The molecule has 0 aromatic carbocycles. The Bertz CT molecular complexity index is 600. The van der Waals surface area contributed by atoms with E-state index in [0.29, 0.717) is 17.9 Å². The number of sulfonamides is 1. The molecule has 0 spiro atoms. The number of hydrogen-bond acceptors (Lipinski definition) is 5. The molecule has 3 N–H and O–H groups in total. The minimum atomic E-state index is -3.26. The molecule has 1 aliphatic rings. The maximum Gasteiger partial charge on any atom is 0.272 e.